The number of rotatable bonds is 17. The summed E-state index contributed by atoms with van der Waals surface area (Å²) in [6, 6.07) is 27.5. The fraction of sp³-hybridized carbons (Fsp3) is 0.312. The number of aliphatic hydroxyl groups is 1. The molecule has 4 aromatic rings. The summed E-state index contributed by atoms with van der Waals surface area (Å²) in [7, 11) is 0. The van der Waals surface area contributed by atoms with Crippen LogP contribution in [0.5, 0.6) is 5.75 Å². The smallest absolute Gasteiger partial charge is 0.115 e. The molecule has 0 saturated carbocycles. The lowest BCUT2D eigenvalue weighted by Gasteiger charge is -2.23. The van der Waals surface area contributed by atoms with Gasteiger partial charge in [-0.3, -0.25) is 20.2 Å². The van der Waals surface area contributed by atoms with Crippen molar-refractivity contribution in [2.75, 3.05) is 26.2 Å². The lowest BCUT2D eigenvalue weighted by molar-refractivity contribution is 0.135. The molecule has 8 heteroatoms. The molecule has 0 aliphatic heterocycles. The normalized spacial score (nSPS) is 12.1. The molecule has 4 rings (SSSR count). The van der Waals surface area contributed by atoms with Crippen LogP contribution in [-0.4, -0.2) is 57.5 Å². The van der Waals surface area contributed by atoms with Crippen LogP contribution in [0.25, 0.3) is 0 Å². The molecule has 1 unspecified atom stereocenters. The first-order valence-corrected chi connectivity index (χ1v) is 13.8. The van der Waals surface area contributed by atoms with E-state index in [0.717, 1.165) is 68.3 Å². The minimum atomic E-state index is -0.686. The summed E-state index contributed by atoms with van der Waals surface area (Å²) in [5.41, 5.74) is 5.34. The van der Waals surface area contributed by atoms with Gasteiger partial charge in [0.2, 0.25) is 0 Å². The highest BCUT2D eigenvalue weighted by atomic mass is 16.3. The lowest BCUT2D eigenvalue weighted by atomic mass is 10.1. The Morgan fingerprint density at radius 2 is 1.30 bits per heavy atom. The molecule has 0 aliphatic carbocycles. The van der Waals surface area contributed by atoms with Gasteiger partial charge in [-0.2, -0.15) is 0 Å². The zero-order valence-corrected chi connectivity index (χ0v) is 22.9. The quantitative estimate of drug-likeness (QED) is 0.103. The molecule has 0 spiro atoms. The average Bonchev–Trinajstić information content (AvgIpc) is 2.98. The monoisotopic (exact) mass is 540 g/mol. The topological polar surface area (TPSA) is 106 Å². The van der Waals surface area contributed by atoms with Crippen LogP contribution in [0.3, 0.4) is 0 Å². The van der Waals surface area contributed by atoms with E-state index in [0.29, 0.717) is 13.0 Å². The number of phenolic OH excluding ortho intramolecular Hbond substituents is 1. The largest absolute Gasteiger partial charge is 0.508 e. The van der Waals surface area contributed by atoms with E-state index in [9.17, 15) is 10.2 Å². The summed E-state index contributed by atoms with van der Waals surface area (Å²) in [5.74, 6) is 0.210. The van der Waals surface area contributed by atoms with Crippen LogP contribution in [0, 0.1) is 0 Å². The maximum Gasteiger partial charge on any atom is 0.115 e. The summed E-state index contributed by atoms with van der Waals surface area (Å²) in [5, 5.41) is 30.2. The lowest BCUT2D eigenvalue weighted by Crippen LogP contribution is -2.36. The molecule has 0 fully saturated rings. The number of hydrogen-bond donors (Lipinski definition) is 5. The minimum Gasteiger partial charge on any atom is -0.508 e. The summed E-state index contributed by atoms with van der Waals surface area (Å²) < 4.78 is 0. The molecular weight excluding hydrogens is 500 g/mol. The van der Waals surface area contributed by atoms with E-state index in [-0.39, 0.29) is 5.75 Å². The number of aliphatic hydroxyl groups excluding tert-OH is 1. The van der Waals surface area contributed by atoms with Crippen LogP contribution < -0.4 is 16.0 Å². The van der Waals surface area contributed by atoms with E-state index in [1.165, 1.54) is 5.56 Å². The number of aromatic hydroxyl groups is 1. The van der Waals surface area contributed by atoms with Crippen LogP contribution >= 0.6 is 0 Å². The Hall–Kier alpha value is -3.66. The fourth-order valence-corrected chi connectivity index (χ4v) is 4.42. The SMILES string of the molecule is Oc1cccc(CC(O)NCc2ccc(CN(CCNCc3ccccn3)CCNCc3ccccn3)cc2)c1. The minimum absolute atomic E-state index is 0.210. The first-order valence-electron chi connectivity index (χ1n) is 13.8. The third kappa shape index (κ3) is 10.8. The van der Waals surface area contributed by atoms with Gasteiger partial charge in [-0.15, -0.1) is 0 Å². The van der Waals surface area contributed by atoms with Gasteiger partial charge < -0.3 is 20.8 Å². The van der Waals surface area contributed by atoms with Crippen LogP contribution in [0.1, 0.15) is 28.1 Å². The Bertz CT molecular complexity index is 1190. The molecular formula is C32H40N6O2. The fourth-order valence-electron chi connectivity index (χ4n) is 4.42. The summed E-state index contributed by atoms with van der Waals surface area (Å²) in [6.45, 7) is 6.51. The Morgan fingerprint density at radius 1 is 0.675 bits per heavy atom. The third-order valence-electron chi connectivity index (χ3n) is 6.58. The Labute approximate surface area is 237 Å². The summed E-state index contributed by atoms with van der Waals surface area (Å²) in [6.07, 6.45) is 3.40. The molecule has 5 N–H and O–H groups in total. The molecule has 0 amide bonds. The Balaban J connectivity index is 1.24. The zero-order valence-electron chi connectivity index (χ0n) is 22.9. The highest BCUT2D eigenvalue weighted by Gasteiger charge is 2.09. The van der Waals surface area contributed by atoms with E-state index in [1.807, 2.05) is 54.9 Å². The number of phenols is 1. The van der Waals surface area contributed by atoms with Crippen molar-refractivity contribution < 1.29 is 10.2 Å². The second kappa shape index (κ2) is 16.4. The molecule has 1 atom stereocenters. The summed E-state index contributed by atoms with van der Waals surface area (Å²) >= 11 is 0. The van der Waals surface area contributed by atoms with Gasteiger partial charge in [-0.05, 0) is 53.1 Å². The molecule has 0 bridgehead atoms. The van der Waals surface area contributed by atoms with Crippen molar-refractivity contribution >= 4 is 0 Å². The first kappa shape index (κ1) is 29.3. The second-order valence-electron chi connectivity index (χ2n) is 9.86. The van der Waals surface area contributed by atoms with Gasteiger partial charge >= 0.3 is 0 Å². The standard InChI is InChI=1S/C32H40N6O2/c39-31-9-5-6-28(20-31)21-32(40)37-22-26-10-12-27(13-11-26)25-38(18-16-33-23-29-7-1-3-14-35-29)19-17-34-24-30-8-2-4-15-36-30/h1-15,20,32-34,37,39-40H,16-19,21-25H2. The zero-order chi connectivity index (χ0) is 27.8. The van der Waals surface area contributed by atoms with Crippen molar-refractivity contribution in [2.45, 2.75) is 38.8 Å². The maximum atomic E-state index is 10.4. The molecule has 210 valence electrons. The number of nitrogens with one attached hydrogen (secondary N) is 3. The van der Waals surface area contributed by atoms with Gasteiger partial charge in [0, 0.05) is 71.2 Å². The molecule has 0 saturated heterocycles. The van der Waals surface area contributed by atoms with Crippen molar-refractivity contribution in [1.82, 2.24) is 30.8 Å². The Morgan fingerprint density at radius 3 is 1.88 bits per heavy atom. The van der Waals surface area contributed by atoms with Gasteiger partial charge in [0.25, 0.3) is 0 Å². The van der Waals surface area contributed by atoms with Crippen molar-refractivity contribution in [3.05, 3.63) is 125 Å². The number of pyridine rings is 2. The van der Waals surface area contributed by atoms with Gasteiger partial charge in [0.1, 0.15) is 12.0 Å². The highest BCUT2D eigenvalue weighted by molar-refractivity contribution is 5.27. The first-order chi connectivity index (χ1) is 19.6. The second-order valence-corrected chi connectivity index (χ2v) is 9.86. The van der Waals surface area contributed by atoms with E-state index in [2.05, 4.69) is 55.1 Å². The molecule has 0 radical (unpaired) electrons. The average molecular weight is 541 g/mol. The van der Waals surface area contributed by atoms with Crippen LogP contribution in [0.4, 0.5) is 0 Å². The number of hydrogen-bond acceptors (Lipinski definition) is 8. The molecule has 2 aromatic carbocycles. The van der Waals surface area contributed by atoms with Crippen LogP contribution in [-0.2, 0) is 32.6 Å². The van der Waals surface area contributed by atoms with Gasteiger partial charge in [-0.1, -0.05) is 48.5 Å². The van der Waals surface area contributed by atoms with Gasteiger partial charge in [0.15, 0.2) is 0 Å². The molecule has 8 nitrogen and oxygen atoms in total. The van der Waals surface area contributed by atoms with E-state index in [4.69, 9.17) is 0 Å². The van der Waals surface area contributed by atoms with Gasteiger partial charge in [0.05, 0.1) is 11.4 Å². The van der Waals surface area contributed by atoms with Crippen molar-refractivity contribution in [3.8, 4) is 5.75 Å². The molecule has 2 aromatic heterocycles. The molecule has 0 aliphatic rings. The van der Waals surface area contributed by atoms with Crippen molar-refractivity contribution in [1.29, 1.82) is 0 Å². The molecule has 2 heterocycles. The predicted molar refractivity (Wildman–Crippen MR) is 158 cm³/mol. The summed E-state index contributed by atoms with van der Waals surface area (Å²) in [4.78, 5) is 11.2. The Kier molecular flexibility index (Phi) is 12.1. The van der Waals surface area contributed by atoms with E-state index < -0.39 is 6.23 Å². The van der Waals surface area contributed by atoms with Crippen molar-refractivity contribution in [3.63, 3.8) is 0 Å². The van der Waals surface area contributed by atoms with Crippen LogP contribution in [0.15, 0.2) is 97.3 Å². The third-order valence-corrected chi connectivity index (χ3v) is 6.58. The van der Waals surface area contributed by atoms with Crippen LogP contribution in [0.2, 0.25) is 0 Å². The number of benzene rings is 2. The van der Waals surface area contributed by atoms with Gasteiger partial charge in [-0.25, -0.2) is 0 Å². The molecule has 40 heavy (non-hydrogen) atoms. The number of nitrogens with zero attached hydrogens (tertiary/aromatic N) is 3. The van der Waals surface area contributed by atoms with E-state index in [1.54, 1.807) is 18.2 Å². The van der Waals surface area contributed by atoms with Crippen molar-refractivity contribution in [2.24, 2.45) is 0 Å². The van der Waals surface area contributed by atoms with E-state index >= 15 is 0 Å². The number of aromatic nitrogens is 2. The highest BCUT2D eigenvalue weighted by Crippen LogP contribution is 2.13. The maximum absolute atomic E-state index is 10.4. The predicted octanol–water partition coefficient (Wildman–Crippen LogP) is 3.21.